The van der Waals surface area contributed by atoms with Crippen molar-refractivity contribution in [1.29, 1.82) is 0 Å². The van der Waals surface area contributed by atoms with Crippen LogP contribution in [0.5, 0.6) is 5.75 Å². The Morgan fingerprint density at radius 2 is 1.62 bits per heavy atom. The van der Waals surface area contributed by atoms with Crippen LogP contribution in [0, 0.1) is 0 Å². The molecule has 2 aromatic rings. The molecule has 0 aliphatic heterocycles. The number of nitrogens with zero attached hydrogens (tertiary/aromatic N) is 2. The molecular formula is C19H31N3OSi. The van der Waals surface area contributed by atoms with Gasteiger partial charge in [-0.1, -0.05) is 47.6 Å². The summed E-state index contributed by atoms with van der Waals surface area (Å²) in [5.74, 6) is 1.51. The van der Waals surface area contributed by atoms with Crippen molar-refractivity contribution in [3.05, 3.63) is 35.5 Å². The van der Waals surface area contributed by atoms with Crippen molar-refractivity contribution >= 4 is 14.9 Å². The number of benzene rings is 1. The lowest BCUT2D eigenvalue weighted by atomic mass is 9.87. The van der Waals surface area contributed by atoms with E-state index >= 15 is 0 Å². The normalized spacial score (nSPS) is 12.7. The van der Waals surface area contributed by atoms with Crippen molar-refractivity contribution in [2.45, 2.75) is 65.5 Å². The van der Waals surface area contributed by atoms with Gasteiger partial charge in [-0.25, -0.2) is 4.68 Å². The molecule has 24 heavy (non-hydrogen) atoms. The van der Waals surface area contributed by atoms with Gasteiger partial charge in [0.05, 0.1) is 5.69 Å². The fourth-order valence-corrected chi connectivity index (χ4v) is 3.16. The second-order valence-corrected chi connectivity index (χ2v) is 11.0. The molecule has 0 atom stereocenters. The van der Waals surface area contributed by atoms with Gasteiger partial charge in [-0.05, 0) is 36.2 Å². The number of hydrogen-bond acceptors (Lipinski definition) is 3. The Bertz CT molecular complexity index is 721. The second kappa shape index (κ2) is 6.28. The molecule has 132 valence electrons. The molecular weight excluding hydrogens is 314 g/mol. The van der Waals surface area contributed by atoms with E-state index in [0.717, 1.165) is 17.1 Å². The monoisotopic (exact) mass is 345 g/mol. The van der Waals surface area contributed by atoms with Crippen LogP contribution in [0.4, 0.5) is 5.82 Å². The summed E-state index contributed by atoms with van der Waals surface area (Å²) in [6.45, 7) is 17.4. The Morgan fingerprint density at radius 1 is 1.00 bits per heavy atom. The molecule has 0 saturated heterocycles. The van der Waals surface area contributed by atoms with E-state index in [-0.39, 0.29) is 10.8 Å². The van der Waals surface area contributed by atoms with Crippen molar-refractivity contribution in [3.8, 4) is 11.4 Å². The number of rotatable bonds is 3. The molecule has 0 bridgehead atoms. The van der Waals surface area contributed by atoms with Crippen molar-refractivity contribution in [1.82, 2.24) is 9.78 Å². The highest BCUT2D eigenvalue weighted by molar-refractivity contribution is 6.49. The van der Waals surface area contributed by atoms with E-state index in [9.17, 15) is 0 Å². The van der Waals surface area contributed by atoms with Gasteiger partial charge in [0.2, 0.25) is 9.04 Å². The van der Waals surface area contributed by atoms with E-state index in [2.05, 4.69) is 72.8 Å². The van der Waals surface area contributed by atoms with Gasteiger partial charge in [0, 0.05) is 11.5 Å². The number of nitrogens with two attached hydrogens (primary N) is 1. The van der Waals surface area contributed by atoms with E-state index in [4.69, 9.17) is 15.3 Å². The summed E-state index contributed by atoms with van der Waals surface area (Å²) in [6.07, 6.45) is 0. The molecule has 0 aliphatic carbocycles. The largest absolute Gasteiger partial charge is 0.546 e. The van der Waals surface area contributed by atoms with E-state index in [1.807, 2.05) is 6.07 Å². The summed E-state index contributed by atoms with van der Waals surface area (Å²) < 4.78 is 8.01. The summed E-state index contributed by atoms with van der Waals surface area (Å²) in [4.78, 5) is 0. The second-order valence-electron chi connectivity index (χ2n) is 8.72. The third-order valence-corrected chi connectivity index (χ3v) is 4.65. The number of hydrogen-bond donors (Lipinski definition) is 1. The molecule has 0 radical (unpaired) electrons. The molecule has 1 aromatic heterocycles. The Morgan fingerprint density at radius 3 is 2.08 bits per heavy atom. The zero-order chi connectivity index (χ0) is 18.3. The van der Waals surface area contributed by atoms with Gasteiger partial charge in [-0.3, -0.25) is 0 Å². The Hall–Kier alpha value is -1.75. The first-order valence-electron chi connectivity index (χ1n) is 8.57. The predicted molar refractivity (Wildman–Crippen MR) is 105 cm³/mol. The van der Waals surface area contributed by atoms with Crippen LogP contribution in [0.15, 0.2) is 24.3 Å². The quantitative estimate of drug-likeness (QED) is 0.838. The minimum atomic E-state index is -1.25. The van der Waals surface area contributed by atoms with Crippen LogP contribution in [0.2, 0.25) is 13.1 Å². The van der Waals surface area contributed by atoms with Gasteiger partial charge in [0.15, 0.2) is 0 Å². The third-order valence-electron chi connectivity index (χ3n) is 3.92. The third kappa shape index (κ3) is 4.01. The minimum absolute atomic E-state index is 0.0431. The zero-order valence-electron chi connectivity index (χ0n) is 16.3. The van der Waals surface area contributed by atoms with Gasteiger partial charge in [-0.2, -0.15) is 5.10 Å². The fraction of sp³-hybridized carbons (Fsp3) is 0.526. The van der Waals surface area contributed by atoms with Crippen LogP contribution in [-0.2, 0) is 10.8 Å². The molecule has 0 unspecified atom stereocenters. The summed E-state index contributed by atoms with van der Waals surface area (Å²) in [5, 5.41) is 4.74. The predicted octanol–water partition coefficient (Wildman–Crippen LogP) is 4.41. The number of anilines is 1. The molecule has 0 saturated carbocycles. The van der Waals surface area contributed by atoms with Crippen LogP contribution in [0.1, 0.15) is 52.8 Å². The molecule has 5 heteroatoms. The molecule has 0 amide bonds. The Balaban J connectivity index is 2.59. The average molecular weight is 346 g/mol. The minimum Gasteiger partial charge on any atom is -0.546 e. The first-order valence-corrected chi connectivity index (χ1v) is 11.4. The maximum Gasteiger partial charge on any atom is 0.229 e. The highest BCUT2D eigenvalue weighted by Gasteiger charge is 2.22. The Labute approximate surface area is 147 Å². The van der Waals surface area contributed by atoms with Gasteiger partial charge in [0.25, 0.3) is 0 Å². The maximum absolute atomic E-state index is 6.25. The first-order chi connectivity index (χ1) is 10.9. The van der Waals surface area contributed by atoms with Crippen molar-refractivity contribution in [2.24, 2.45) is 0 Å². The summed E-state index contributed by atoms with van der Waals surface area (Å²) >= 11 is 0. The fourth-order valence-electron chi connectivity index (χ4n) is 2.46. The summed E-state index contributed by atoms with van der Waals surface area (Å²) in [6, 6.07) is 8.30. The lowest BCUT2D eigenvalue weighted by Gasteiger charge is -2.23. The smallest absolute Gasteiger partial charge is 0.229 e. The molecule has 2 N–H and O–H groups in total. The number of aromatic nitrogens is 2. The van der Waals surface area contributed by atoms with Crippen LogP contribution in [-0.4, -0.2) is 18.8 Å². The van der Waals surface area contributed by atoms with Crippen LogP contribution >= 0.6 is 0 Å². The zero-order valence-corrected chi connectivity index (χ0v) is 17.4. The van der Waals surface area contributed by atoms with Crippen LogP contribution in [0.3, 0.4) is 0 Å². The van der Waals surface area contributed by atoms with Gasteiger partial charge < -0.3 is 10.2 Å². The van der Waals surface area contributed by atoms with E-state index in [1.165, 1.54) is 5.56 Å². The maximum atomic E-state index is 6.25. The molecule has 0 spiro atoms. The molecule has 4 nitrogen and oxygen atoms in total. The Kier molecular flexibility index (Phi) is 4.86. The summed E-state index contributed by atoms with van der Waals surface area (Å²) in [7, 11) is -1.25. The van der Waals surface area contributed by atoms with Crippen LogP contribution in [0.25, 0.3) is 5.69 Å². The topological polar surface area (TPSA) is 53.1 Å². The molecule has 1 heterocycles. The number of nitrogen functional groups attached to an aromatic ring is 1. The highest BCUT2D eigenvalue weighted by Crippen LogP contribution is 2.33. The lowest BCUT2D eigenvalue weighted by Crippen LogP contribution is -2.17. The van der Waals surface area contributed by atoms with Crippen molar-refractivity contribution in [2.75, 3.05) is 5.73 Å². The molecule has 0 fully saturated rings. The summed E-state index contributed by atoms with van der Waals surface area (Å²) in [5.41, 5.74) is 9.42. The molecule has 0 aliphatic rings. The van der Waals surface area contributed by atoms with Crippen molar-refractivity contribution < 1.29 is 4.43 Å². The first kappa shape index (κ1) is 18.6. The molecule has 2 rings (SSSR count). The van der Waals surface area contributed by atoms with Gasteiger partial charge in [-0.15, -0.1) is 0 Å². The van der Waals surface area contributed by atoms with E-state index < -0.39 is 9.04 Å². The van der Waals surface area contributed by atoms with Gasteiger partial charge >= 0.3 is 0 Å². The highest BCUT2D eigenvalue weighted by atomic mass is 28.3. The average Bonchev–Trinajstić information content (AvgIpc) is 2.79. The standard InChI is InChI=1S/C19H31N3OSi/c1-18(2,3)13-9-10-14(15(11-13)23-24(7)8)22-17(20)12-16(21-22)19(4,5)6/h9-12,24H,20H2,1-8H3. The van der Waals surface area contributed by atoms with E-state index in [0.29, 0.717) is 5.82 Å². The van der Waals surface area contributed by atoms with Crippen molar-refractivity contribution in [3.63, 3.8) is 0 Å². The lowest BCUT2D eigenvalue weighted by molar-refractivity contribution is 0.546. The van der Waals surface area contributed by atoms with Gasteiger partial charge in [0.1, 0.15) is 17.3 Å². The SMILES string of the molecule is C[SiH](C)Oc1cc(C(C)(C)C)ccc1-n1nc(C(C)(C)C)cc1N. The van der Waals surface area contributed by atoms with Crippen LogP contribution < -0.4 is 10.2 Å². The van der Waals surface area contributed by atoms with E-state index in [1.54, 1.807) is 4.68 Å². The molecule has 1 aromatic carbocycles.